The molecule has 184 valence electrons. The molecule has 0 saturated carbocycles. The minimum absolute atomic E-state index is 0.0268. The molecule has 1 aliphatic rings. The van der Waals surface area contributed by atoms with Crippen LogP contribution in [0.2, 0.25) is 0 Å². The predicted octanol–water partition coefficient (Wildman–Crippen LogP) is 3.29. The number of aromatic nitrogens is 2. The molecule has 0 atom stereocenters. The Morgan fingerprint density at radius 1 is 0.857 bits per heavy atom. The van der Waals surface area contributed by atoms with Crippen LogP contribution in [-0.2, 0) is 4.79 Å². The van der Waals surface area contributed by atoms with Crippen molar-refractivity contribution in [1.29, 1.82) is 0 Å². The van der Waals surface area contributed by atoms with Crippen molar-refractivity contribution in [2.75, 3.05) is 58.5 Å². The molecule has 0 N–H and O–H groups in total. The first kappa shape index (κ1) is 24.1. The van der Waals surface area contributed by atoms with E-state index in [-0.39, 0.29) is 12.5 Å². The molecule has 4 rings (SSSR count). The van der Waals surface area contributed by atoms with Crippen molar-refractivity contribution in [1.82, 2.24) is 15.1 Å². The monoisotopic (exact) mass is 478 g/mol. The highest BCUT2D eigenvalue weighted by atomic mass is 16.5. The lowest BCUT2D eigenvalue weighted by molar-refractivity contribution is -0.133. The Labute approximate surface area is 205 Å². The van der Waals surface area contributed by atoms with Gasteiger partial charge in [0.2, 0.25) is 0 Å². The van der Waals surface area contributed by atoms with Crippen LogP contribution < -0.4 is 23.8 Å². The zero-order valence-electron chi connectivity index (χ0n) is 20.3. The van der Waals surface area contributed by atoms with Crippen LogP contribution in [0.3, 0.4) is 0 Å². The maximum atomic E-state index is 12.7. The Hall–Kier alpha value is -4.01. The van der Waals surface area contributed by atoms with Gasteiger partial charge in [0.1, 0.15) is 11.5 Å². The van der Waals surface area contributed by atoms with Crippen LogP contribution in [0, 0.1) is 0 Å². The molecule has 9 nitrogen and oxygen atoms in total. The SMILES string of the molecule is CCOc1ccccc1OCC(=O)N1CCN(c2ccc(-c3cc(OC)ccc3OC)nn2)CC1. The van der Waals surface area contributed by atoms with Crippen LogP contribution >= 0.6 is 0 Å². The van der Waals surface area contributed by atoms with Gasteiger partial charge in [-0.2, -0.15) is 0 Å². The van der Waals surface area contributed by atoms with E-state index in [1.54, 1.807) is 20.3 Å². The Kier molecular flexibility index (Phi) is 7.87. The van der Waals surface area contributed by atoms with Gasteiger partial charge in [-0.25, -0.2) is 0 Å². The van der Waals surface area contributed by atoms with Crippen LogP contribution in [0.25, 0.3) is 11.3 Å². The highest BCUT2D eigenvalue weighted by Crippen LogP contribution is 2.32. The minimum atomic E-state index is -0.0532. The lowest BCUT2D eigenvalue weighted by Gasteiger charge is -2.35. The third-order valence-electron chi connectivity index (χ3n) is 5.79. The van der Waals surface area contributed by atoms with E-state index >= 15 is 0 Å². The molecule has 2 heterocycles. The second-order valence-electron chi connectivity index (χ2n) is 7.88. The van der Waals surface area contributed by atoms with Crippen molar-refractivity contribution >= 4 is 11.7 Å². The first-order chi connectivity index (χ1) is 17.1. The van der Waals surface area contributed by atoms with E-state index in [4.69, 9.17) is 18.9 Å². The van der Waals surface area contributed by atoms with Gasteiger partial charge in [-0.05, 0) is 49.4 Å². The van der Waals surface area contributed by atoms with Crippen molar-refractivity contribution in [3.63, 3.8) is 0 Å². The number of hydrogen-bond acceptors (Lipinski definition) is 8. The second-order valence-corrected chi connectivity index (χ2v) is 7.88. The van der Waals surface area contributed by atoms with Crippen molar-refractivity contribution in [3.8, 4) is 34.3 Å². The third kappa shape index (κ3) is 5.74. The average Bonchev–Trinajstić information content (AvgIpc) is 2.92. The van der Waals surface area contributed by atoms with E-state index in [0.29, 0.717) is 55.7 Å². The largest absolute Gasteiger partial charge is 0.497 e. The summed E-state index contributed by atoms with van der Waals surface area (Å²) >= 11 is 0. The van der Waals surface area contributed by atoms with Crippen molar-refractivity contribution < 1.29 is 23.7 Å². The van der Waals surface area contributed by atoms with Crippen molar-refractivity contribution in [2.45, 2.75) is 6.92 Å². The minimum Gasteiger partial charge on any atom is -0.497 e. The number of benzene rings is 2. The lowest BCUT2D eigenvalue weighted by atomic mass is 10.1. The molecule has 9 heteroatoms. The van der Waals surface area contributed by atoms with Gasteiger partial charge in [0.15, 0.2) is 23.9 Å². The number of hydrogen-bond donors (Lipinski definition) is 0. The van der Waals surface area contributed by atoms with E-state index in [0.717, 1.165) is 17.1 Å². The van der Waals surface area contributed by atoms with Crippen molar-refractivity contribution in [2.24, 2.45) is 0 Å². The van der Waals surface area contributed by atoms with E-state index in [1.165, 1.54) is 0 Å². The molecule has 1 aromatic heterocycles. The fourth-order valence-corrected chi connectivity index (χ4v) is 3.91. The zero-order chi connectivity index (χ0) is 24.6. The number of piperazine rings is 1. The molecule has 1 fully saturated rings. The van der Waals surface area contributed by atoms with Gasteiger partial charge in [-0.15, -0.1) is 10.2 Å². The summed E-state index contributed by atoms with van der Waals surface area (Å²) in [7, 11) is 3.24. The maximum absolute atomic E-state index is 12.7. The molecule has 1 aliphatic heterocycles. The number of methoxy groups -OCH3 is 2. The Morgan fingerprint density at radius 3 is 2.23 bits per heavy atom. The quantitative estimate of drug-likeness (QED) is 0.463. The molecular formula is C26H30N4O5. The molecule has 0 spiro atoms. The number of amides is 1. The van der Waals surface area contributed by atoms with E-state index in [1.807, 2.05) is 60.4 Å². The van der Waals surface area contributed by atoms with E-state index in [9.17, 15) is 4.79 Å². The van der Waals surface area contributed by atoms with Crippen molar-refractivity contribution in [3.05, 3.63) is 54.6 Å². The molecule has 35 heavy (non-hydrogen) atoms. The van der Waals surface area contributed by atoms with Gasteiger partial charge in [-0.3, -0.25) is 4.79 Å². The Bertz CT molecular complexity index is 1130. The van der Waals surface area contributed by atoms with Gasteiger partial charge >= 0.3 is 0 Å². The summed E-state index contributed by atoms with van der Waals surface area (Å²) in [6.07, 6.45) is 0. The third-order valence-corrected chi connectivity index (χ3v) is 5.79. The molecule has 1 saturated heterocycles. The van der Waals surface area contributed by atoms with Gasteiger partial charge in [-0.1, -0.05) is 12.1 Å². The maximum Gasteiger partial charge on any atom is 0.260 e. The summed E-state index contributed by atoms with van der Waals surface area (Å²) in [6.45, 7) is 4.92. The molecule has 0 bridgehead atoms. The smallest absolute Gasteiger partial charge is 0.260 e. The van der Waals surface area contributed by atoms with Crippen LogP contribution in [0.5, 0.6) is 23.0 Å². The standard InChI is InChI=1S/C26H30N4O5/c1-4-34-23-7-5-6-8-24(23)35-18-26(31)30-15-13-29(14-16-30)25-12-10-21(27-28-25)20-17-19(32-2)9-11-22(20)33-3/h5-12,17H,4,13-16,18H2,1-3H3. The Balaban J connectivity index is 1.33. The number of para-hydroxylation sites is 2. The molecular weight excluding hydrogens is 448 g/mol. The summed E-state index contributed by atoms with van der Waals surface area (Å²) < 4.78 is 22.1. The number of carbonyl (C=O) groups excluding carboxylic acids is 1. The number of nitrogens with zero attached hydrogens (tertiary/aromatic N) is 4. The summed E-state index contributed by atoms with van der Waals surface area (Å²) in [6, 6.07) is 16.8. The van der Waals surface area contributed by atoms with Gasteiger partial charge in [0.05, 0.1) is 26.5 Å². The topological polar surface area (TPSA) is 86.3 Å². The fourth-order valence-electron chi connectivity index (χ4n) is 3.91. The van der Waals surface area contributed by atoms with Crippen LogP contribution in [-0.4, -0.2) is 74.6 Å². The number of carbonyl (C=O) groups is 1. The first-order valence-electron chi connectivity index (χ1n) is 11.6. The molecule has 0 unspecified atom stereocenters. The molecule has 0 radical (unpaired) electrons. The average molecular weight is 479 g/mol. The zero-order valence-corrected chi connectivity index (χ0v) is 20.3. The Morgan fingerprint density at radius 2 is 1.60 bits per heavy atom. The lowest BCUT2D eigenvalue weighted by Crippen LogP contribution is -2.50. The van der Waals surface area contributed by atoms with Crippen LogP contribution in [0.1, 0.15) is 6.92 Å². The fraction of sp³-hybridized carbons (Fsp3) is 0.346. The molecule has 1 amide bonds. The number of ether oxygens (including phenoxy) is 4. The second kappa shape index (κ2) is 11.4. The van der Waals surface area contributed by atoms with Crippen LogP contribution in [0.15, 0.2) is 54.6 Å². The normalized spacial score (nSPS) is 13.3. The van der Waals surface area contributed by atoms with Crippen LogP contribution in [0.4, 0.5) is 5.82 Å². The summed E-state index contributed by atoms with van der Waals surface area (Å²) in [5.41, 5.74) is 1.51. The van der Waals surface area contributed by atoms with Gasteiger partial charge in [0.25, 0.3) is 5.91 Å². The van der Waals surface area contributed by atoms with Gasteiger partial charge in [0, 0.05) is 31.7 Å². The highest BCUT2D eigenvalue weighted by molar-refractivity contribution is 5.78. The molecule has 3 aromatic rings. The predicted molar refractivity (Wildman–Crippen MR) is 132 cm³/mol. The molecule has 0 aliphatic carbocycles. The molecule has 2 aromatic carbocycles. The number of anilines is 1. The highest BCUT2D eigenvalue weighted by Gasteiger charge is 2.23. The first-order valence-corrected chi connectivity index (χ1v) is 11.6. The summed E-state index contributed by atoms with van der Waals surface area (Å²) in [5.74, 6) is 3.35. The van der Waals surface area contributed by atoms with Gasteiger partial charge < -0.3 is 28.7 Å². The summed E-state index contributed by atoms with van der Waals surface area (Å²) in [5, 5.41) is 8.83. The van der Waals surface area contributed by atoms with E-state index in [2.05, 4.69) is 15.1 Å². The van der Waals surface area contributed by atoms with E-state index < -0.39 is 0 Å². The number of rotatable bonds is 9. The summed E-state index contributed by atoms with van der Waals surface area (Å²) in [4.78, 5) is 16.6.